The molecule has 1 heterocycles. The van der Waals surface area contributed by atoms with Crippen molar-refractivity contribution in [1.29, 1.82) is 0 Å². The van der Waals surface area contributed by atoms with Gasteiger partial charge in [0.25, 0.3) is 0 Å². The molecule has 72 valence electrons. The van der Waals surface area contributed by atoms with Crippen LogP contribution in [0.2, 0.25) is 0 Å². The van der Waals surface area contributed by atoms with E-state index in [1.54, 1.807) is 6.20 Å². The van der Waals surface area contributed by atoms with E-state index in [2.05, 4.69) is 15.6 Å². The van der Waals surface area contributed by atoms with E-state index in [0.29, 0.717) is 0 Å². The fourth-order valence-electron chi connectivity index (χ4n) is 1.25. The molecule has 0 saturated carbocycles. The van der Waals surface area contributed by atoms with Crippen LogP contribution >= 0.6 is 0 Å². The number of rotatable bonds is 2. The number of fused-ring (bicyclic) bond motifs is 1. The molecular formula is C10H7FeNO2. The maximum absolute atomic E-state index is 11.0. The molecule has 0 saturated heterocycles. The summed E-state index contributed by atoms with van der Waals surface area (Å²) in [5.41, 5.74) is 0.864. The second-order valence-corrected chi connectivity index (χ2v) is 3.03. The molecule has 1 aromatic heterocycles. The number of carbonyl (C=O) groups excluding carboxylic acids is 1. The zero-order valence-electron chi connectivity index (χ0n) is 7.16. The third-order valence-electron chi connectivity index (χ3n) is 1.84. The normalized spacial score (nSPS) is 10.1. The van der Waals surface area contributed by atoms with E-state index in [9.17, 15) is 4.79 Å². The van der Waals surface area contributed by atoms with E-state index in [-0.39, 0.29) is 0 Å². The number of hydrogen-bond donors (Lipinski definition) is 0. The molecule has 0 bridgehead atoms. The standard InChI is InChI=1S/C10H7NO2.Fe/c1-8(12)13-11-7-6-9-4-2-3-5-10(9)11;/h1-7H;. The van der Waals surface area contributed by atoms with E-state index in [4.69, 9.17) is 4.84 Å². The van der Waals surface area contributed by atoms with Gasteiger partial charge in [-0.2, -0.15) is 0 Å². The Bertz CT molecular complexity index is 490. The number of aromatic nitrogens is 1. The molecule has 0 unspecified atom stereocenters. The van der Waals surface area contributed by atoms with Crippen molar-refractivity contribution in [2.24, 2.45) is 0 Å². The monoisotopic (exact) mass is 229 g/mol. The molecule has 0 fully saturated rings. The molecule has 0 N–H and O–H groups in total. The van der Waals surface area contributed by atoms with Gasteiger partial charge in [0, 0.05) is 0 Å². The summed E-state index contributed by atoms with van der Waals surface area (Å²) in [5, 5.41) is 1.03. The zero-order valence-corrected chi connectivity index (χ0v) is 8.26. The minimum absolute atomic E-state index is 0.466. The summed E-state index contributed by atoms with van der Waals surface area (Å²) in [5.74, 6) is -0.466. The molecule has 2 aromatic rings. The predicted molar refractivity (Wildman–Crippen MR) is 49.6 cm³/mol. The molecular weight excluding hydrogens is 222 g/mol. The first-order valence-corrected chi connectivity index (χ1v) is 4.65. The van der Waals surface area contributed by atoms with Gasteiger partial charge in [0.05, 0.1) is 0 Å². The van der Waals surface area contributed by atoms with E-state index in [0.717, 1.165) is 15.8 Å². The first-order valence-electron chi connectivity index (χ1n) is 4.01. The van der Waals surface area contributed by atoms with Crippen molar-refractivity contribution in [2.45, 2.75) is 0 Å². The summed E-state index contributed by atoms with van der Waals surface area (Å²) in [7, 11) is 0. The Balaban J connectivity index is 2.43. The first kappa shape index (κ1) is 9.19. The van der Waals surface area contributed by atoms with E-state index in [1.165, 1.54) is 4.73 Å². The fourth-order valence-corrected chi connectivity index (χ4v) is 1.31. The Morgan fingerprint density at radius 1 is 1.36 bits per heavy atom. The van der Waals surface area contributed by atoms with Crippen molar-refractivity contribution in [3.63, 3.8) is 0 Å². The molecule has 4 heteroatoms. The number of benzene rings is 1. The van der Waals surface area contributed by atoms with Crippen LogP contribution in [0.15, 0.2) is 36.5 Å². The first-order chi connectivity index (χ1) is 6.81. The summed E-state index contributed by atoms with van der Waals surface area (Å²) in [6.45, 7) is 0. The fraction of sp³-hybridized carbons (Fsp3) is 0. The molecule has 14 heavy (non-hydrogen) atoms. The maximum atomic E-state index is 11.0. The predicted octanol–water partition coefficient (Wildman–Crippen LogP) is 0.945. The molecule has 0 atom stereocenters. The van der Waals surface area contributed by atoms with Crippen LogP contribution < -0.4 is 4.84 Å². The SMILES string of the molecule is O=C([CH]=[Fe])On1ccc2ccccc21. The third-order valence-corrected chi connectivity index (χ3v) is 2.10. The Labute approximate surface area is 88.6 Å². The van der Waals surface area contributed by atoms with Gasteiger partial charge in [-0.25, -0.2) is 0 Å². The second-order valence-electron chi connectivity index (χ2n) is 2.71. The number of carbonyl (C=O) groups is 1. The van der Waals surface area contributed by atoms with Gasteiger partial charge in [0.15, 0.2) is 0 Å². The number of para-hydroxylation sites is 1. The van der Waals surface area contributed by atoms with Crippen molar-refractivity contribution in [3.8, 4) is 0 Å². The van der Waals surface area contributed by atoms with Crippen molar-refractivity contribution in [2.75, 3.05) is 0 Å². The molecule has 1 aromatic carbocycles. The van der Waals surface area contributed by atoms with Gasteiger partial charge in [-0.3, -0.25) is 0 Å². The average molecular weight is 229 g/mol. The van der Waals surface area contributed by atoms with Gasteiger partial charge < -0.3 is 0 Å². The minimum atomic E-state index is -0.466. The quantitative estimate of drug-likeness (QED) is 0.717. The van der Waals surface area contributed by atoms with Crippen LogP contribution in [0.25, 0.3) is 10.9 Å². The van der Waals surface area contributed by atoms with Crippen LogP contribution in [0.3, 0.4) is 0 Å². The van der Waals surface area contributed by atoms with Crippen molar-refractivity contribution in [3.05, 3.63) is 36.5 Å². The molecule has 0 radical (unpaired) electrons. The van der Waals surface area contributed by atoms with Gasteiger partial charge in [-0.15, -0.1) is 0 Å². The van der Waals surface area contributed by atoms with Crippen LogP contribution in [0.4, 0.5) is 0 Å². The number of hydrogen-bond acceptors (Lipinski definition) is 2. The van der Waals surface area contributed by atoms with Crippen molar-refractivity contribution >= 4 is 21.8 Å². The Kier molecular flexibility index (Phi) is 2.48. The number of nitrogens with zero attached hydrogens (tertiary/aromatic N) is 1. The van der Waals surface area contributed by atoms with Crippen LogP contribution in [-0.4, -0.2) is 15.6 Å². The van der Waals surface area contributed by atoms with Crippen molar-refractivity contribution < 1.29 is 25.2 Å². The van der Waals surface area contributed by atoms with Gasteiger partial charge >= 0.3 is 88.3 Å². The summed E-state index contributed by atoms with van der Waals surface area (Å²) < 4.78 is 1.43. The van der Waals surface area contributed by atoms with Gasteiger partial charge in [-0.1, -0.05) is 0 Å². The molecule has 0 spiro atoms. The summed E-state index contributed by atoms with van der Waals surface area (Å²) in [6, 6.07) is 9.54. The summed E-state index contributed by atoms with van der Waals surface area (Å²) in [4.78, 5) is 17.1. The van der Waals surface area contributed by atoms with Gasteiger partial charge in [0.2, 0.25) is 0 Å². The van der Waals surface area contributed by atoms with Crippen LogP contribution in [0.5, 0.6) is 0 Å². The second kappa shape index (κ2) is 3.78. The van der Waals surface area contributed by atoms with E-state index in [1.807, 2.05) is 30.3 Å². The molecule has 2 rings (SSSR count). The summed E-state index contributed by atoms with van der Waals surface area (Å²) in [6.07, 6.45) is 1.70. The molecule has 0 aliphatic rings. The van der Waals surface area contributed by atoms with Gasteiger partial charge in [-0.05, 0) is 0 Å². The third kappa shape index (κ3) is 1.62. The molecule has 0 aliphatic heterocycles. The van der Waals surface area contributed by atoms with E-state index < -0.39 is 5.97 Å². The average Bonchev–Trinajstić information content (AvgIpc) is 2.62. The van der Waals surface area contributed by atoms with Crippen molar-refractivity contribution in [1.82, 2.24) is 4.73 Å². The topological polar surface area (TPSA) is 31.2 Å². The van der Waals surface area contributed by atoms with Crippen LogP contribution in [0, 0.1) is 0 Å². The summed E-state index contributed by atoms with van der Waals surface area (Å²) >= 11 is 3.33. The molecule has 0 aliphatic carbocycles. The van der Waals surface area contributed by atoms with Crippen LogP contribution in [0.1, 0.15) is 0 Å². The Morgan fingerprint density at radius 3 is 2.93 bits per heavy atom. The van der Waals surface area contributed by atoms with Gasteiger partial charge in [0.1, 0.15) is 0 Å². The molecule has 3 nitrogen and oxygen atoms in total. The Morgan fingerprint density at radius 2 is 2.14 bits per heavy atom. The van der Waals surface area contributed by atoms with E-state index >= 15 is 0 Å². The van der Waals surface area contributed by atoms with Crippen LogP contribution in [-0.2, 0) is 20.4 Å². The Hall–Kier alpha value is -1.38. The zero-order chi connectivity index (χ0) is 9.97. The molecule has 0 amide bonds.